The Morgan fingerprint density at radius 2 is 1.62 bits per heavy atom. The van der Waals surface area contributed by atoms with Crippen LogP contribution in [0.5, 0.6) is 0 Å². The van der Waals surface area contributed by atoms with E-state index in [1.165, 1.54) is 6.42 Å². The van der Waals surface area contributed by atoms with E-state index in [2.05, 4.69) is 38.3 Å². The second-order valence-corrected chi connectivity index (χ2v) is 10.5. The minimum absolute atomic E-state index is 0.0828. The van der Waals surface area contributed by atoms with Crippen LogP contribution in [0.2, 0.25) is 0 Å². The lowest BCUT2D eigenvalue weighted by Crippen LogP contribution is -2.42. The summed E-state index contributed by atoms with van der Waals surface area (Å²) in [5, 5.41) is 2.98. The highest BCUT2D eigenvalue weighted by Crippen LogP contribution is 2.25. The van der Waals surface area contributed by atoms with Crippen molar-refractivity contribution in [2.75, 3.05) is 0 Å². The molecule has 0 aliphatic heterocycles. The van der Waals surface area contributed by atoms with Gasteiger partial charge >= 0.3 is 0 Å². The van der Waals surface area contributed by atoms with Crippen molar-refractivity contribution in [1.29, 1.82) is 0 Å². The fourth-order valence-corrected chi connectivity index (χ4v) is 5.38. The van der Waals surface area contributed by atoms with E-state index in [0.717, 1.165) is 46.8 Å². The third-order valence-electron chi connectivity index (χ3n) is 7.07. The van der Waals surface area contributed by atoms with Gasteiger partial charge in [-0.15, -0.1) is 0 Å². The molecule has 7 heteroatoms. The molecule has 190 valence electrons. The Morgan fingerprint density at radius 3 is 2.38 bits per heavy atom. The minimum Gasteiger partial charge on any atom is -0.345 e. The third-order valence-corrected chi connectivity index (χ3v) is 7.60. The van der Waals surface area contributed by atoms with Gasteiger partial charge in [-0.25, -0.2) is 4.98 Å². The first-order valence-electron chi connectivity index (χ1n) is 12.9. The van der Waals surface area contributed by atoms with Gasteiger partial charge in [-0.1, -0.05) is 77.7 Å². The van der Waals surface area contributed by atoms with Crippen LogP contribution in [0.15, 0.2) is 83.3 Å². The number of hydrogen-bond acceptors (Lipinski definition) is 3. The molecule has 6 nitrogen and oxygen atoms in total. The number of hydrogen-bond donors (Lipinski definition) is 1. The molecule has 0 unspecified atom stereocenters. The average Bonchev–Trinajstić information content (AvgIpc) is 3.29. The Morgan fingerprint density at radius 1 is 0.919 bits per heavy atom. The van der Waals surface area contributed by atoms with Crippen molar-refractivity contribution in [2.45, 2.75) is 57.8 Å². The first-order chi connectivity index (χ1) is 18.1. The predicted molar refractivity (Wildman–Crippen MR) is 149 cm³/mol. The number of halogens is 1. The lowest BCUT2D eigenvalue weighted by Gasteiger charge is -2.35. The van der Waals surface area contributed by atoms with Crippen LogP contribution in [0.3, 0.4) is 0 Å². The number of benzene rings is 3. The molecular formula is C30H31BrN4O2. The molecular weight excluding hydrogens is 528 g/mol. The van der Waals surface area contributed by atoms with Gasteiger partial charge in [-0.2, -0.15) is 0 Å². The van der Waals surface area contributed by atoms with E-state index in [4.69, 9.17) is 4.98 Å². The van der Waals surface area contributed by atoms with Crippen LogP contribution >= 0.6 is 15.9 Å². The van der Waals surface area contributed by atoms with Crippen LogP contribution in [0.4, 0.5) is 0 Å². The molecule has 1 aromatic heterocycles. The highest BCUT2D eigenvalue weighted by atomic mass is 79.9. The Labute approximate surface area is 225 Å². The minimum atomic E-state index is -0.176. The lowest BCUT2D eigenvalue weighted by atomic mass is 9.93. The van der Waals surface area contributed by atoms with Gasteiger partial charge in [0.15, 0.2) is 0 Å². The van der Waals surface area contributed by atoms with Crippen molar-refractivity contribution in [1.82, 2.24) is 19.8 Å². The normalized spacial score (nSPS) is 14.0. The molecule has 0 bridgehead atoms. The summed E-state index contributed by atoms with van der Waals surface area (Å²) in [6.07, 6.45) is 5.63. The van der Waals surface area contributed by atoms with Crippen molar-refractivity contribution in [3.05, 3.63) is 100 Å². The van der Waals surface area contributed by atoms with Gasteiger partial charge in [0.2, 0.25) is 5.91 Å². The van der Waals surface area contributed by atoms with Crippen molar-refractivity contribution >= 4 is 38.8 Å². The van der Waals surface area contributed by atoms with E-state index in [1.807, 2.05) is 59.2 Å². The van der Waals surface area contributed by atoms with Gasteiger partial charge in [0.05, 0.1) is 17.6 Å². The Balaban J connectivity index is 1.39. The molecule has 37 heavy (non-hydrogen) atoms. The maximum Gasteiger partial charge on any atom is 0.251 e. The van der Waals surface area contributed by atoms with Crippen LogP contribution in [-0.4, -0.2) is 32.3 Å². The van der Waals surface area contributed by atoms with E-state index in [1.54, 1.807) is 12.1 Å². The highest BCUT2D eigenvalue weighted by molar-refractivity contribution is 9.10. The quantitative estimate of drug-likeness (QED) is 0.284. The van der Waals surface area contributed by atoms with Gasteiger partial charge in [0.25, 0.3) is 5.91 Å². The SMILES string of the molecule is O=C(NCc1nc2ccccc2n1CC(=O)N(Cc1ccccc1)C1CCCCC1)c1ccc(Br)cc1. The van der Waals surface area contributed by atoms with Gasteiger partial charge in [-0.3, -0.25) is 9.59 Å². The van der Waals surface area contributed by atoms with Crippen LogP contribution in [0.1, 0.15) is 53.8 Å². The number of para-hydroxylation sites is 2. The summed E-state index contributed by atoms with van der Waals surface area (Å²) >= 11 is 3.40. The number of nitrogens with zero attached hydrogens (tertiary/aromatic N) is 3. The van der Waals surface area contributed by atoms with Crippen LogP contribution < -0.4 is 5.32 Å². The smallest absolute Gasteiger partial charge is 0.251 e. The number of amides is 2. The molecule has 0 saturated heterocycles. The summed E-state index contributed by atoms with van der Waals surface area (Å²) in [5.74, 6) is 0.577. The second kappa shape index (κ2) is 11.7. The van der Waals surface area contributed by atoms with Crippen molar-refractivity contribution in [2.24, 2.45) is 0 Å². The molecule has 4 aromatic rings. The van der Waals surface area contributed by atoms with Gasteiger partial charge in [0.1, 0.15) is 12.4 Å². The summed E-state index contributed by atoms with van der Waals surface area (Å²) in [6.45, 7) is 1.03. The topological polar surface area (TPSA) is 67.2 Å². The molecule has 0 atom stereocenters. The predicted octanol–water partition coefficient (Wildman–Crippen LogP) is 6.09. The Kier molecular flexibility index (Phi) is 7.99. The fourth-order valence-electron chi connectivity index (χ4n) is 5.12. The molecule has 1 aliphatic carbocycles. The molecule has 2 amide bonds. The Hall–Kier alpha value is -3.45. The lowest BCUT2D eigenvalue weighted by molar-refractivity contribution is -0.135. The standard InChI is InChI=1S/C30H31BrN4O2/c31-24-17-15-23(16-18-24)30(37)32-19-28-33-26-13-7-8-14-27(26)35(28)21-29(36)34(25-11-5-2-6-12-25)20-22-9-3-1-4-10-22/h1,3-4,7-10,13-18,25H,2,5-6,11-12,19-21H2,(H,32,37). The highest BCUT2D eigenvalue weighted by Gasteiger charge is 2.27. The molecule has 3 aromatic carbocycles. The Bertz CT molecular complexity index is 1360. The molecule has 1 aliphatic rings. The van der Waals surface area contributed by atoms with E-state index >= 15 is 0 Å². The molecule has 1 heterocycles. The zero-order valence-corrected chi connectivity index (χ0v) is 22.4. The zero-order valence-electron chi connectivity index (χ0n) is 20.8. The number of rotatable bonds is 8. The van der Waals surface area contributed by atoms with E-state index in [0.29, 0.717) is 17.9 Å². The van der Waals surface area contributed by atoms with E-state index in [9.17, 15) is 9.59 Å². The van der Waals surface area contributed by atoms with Gasteiger partial charge < -0.3 is 14.8 Å². The summed E-state index contributed by atoms with van der Waals surface area (Å²) in [6, 6.07) is 25.5. The number of carbonyl (C=O) groups is 2. The monoisotopic (exact) mass is 558 g/mol. The molecule has 1 N–H and O–H groups in total. The molecule has 1 fully saturated rings. The van der Waals surface area contributed by atoms with Crippen LogP contribution in [-0.2, 0) is 24.4 Å². The number of fused-ring (bicyclic) bond motifs is 1. The van der Waals surface area contributed by atoms with Crippen molar-refractivity contribution in [3.63, 3.8) is 0 Å². The first-order valence-corrected chi connectivity index (χ1v) is 13.7. The number of carbonyl (C=O) groups excluding carboxylic acids is 2. The number of imidazole rings is 1. The maximum atomic E-state index is 13.9. The average molecular weight is 560 g/mol. The van der Waals surface area contributed by atoms with Crippen LogP contribution in [0.25, 0.3) is 11.0 Å². The van der Waals surface area contributed by atoms with E-state index in [-0.39, 0.29) is 30.9 Å². The van der Waals surface area contributed by atoms with Crippen molar-refractivity contribution in [3.8, 4) is 0 Å². The van der Waals surface area contributed by atoms with Crippen molar-refractivity contribution < 1.29 is 9.59 Å². The maximum absolute atomic E-state index is 13.9. The number of aromatic nitrogens is 2. The first kappa shape index (κ1) is 25.2. The molecule has 0 radical (unpaired) electrons. The number of nitrogens with one attached hydrogen (secondary N) is 1. The van der Waals surface area contributed by atoms with Crippen LogP contribution in [0, 0.1) is 0 Å². The third kappa shape index (κ3) is 6.10. The molecule has 0 spiro atoms. The van der Waals surface area contributed by atoms with Gasteiger partial charge in [0, 0.05) is 22.6 Å². The summed E-state index contributed by atoms with van der Waals surface area (Å²) < 4.78 is 2.88. The van der Waals surface area contributed by atoms with Gasteiger partial charge in [-0.05, 0) is 54.8 Å². The molecule has 5 rings (SSSR count). The van der Waals surface area contributed by atoms with E-state index < -0.39 is 0 Å². The summed E-state index contributed by atoms with van der Waals surface area (Å²) in [4.78, 5) is 33.5. The summed E-state index contributed by atoms with van der Waals surface area (Å²) in [7, 11) is 0. The zero-order chi connectivity index (χ0) is 25.6. The summed E-state index contributed by atoms with van der Waals surface area (Å²) in [5.41, 5.74) is 3.43. The largest absolute Gasteiger partial charge is 0.345 e. The molecule has 1 saturated carbocycles. The fraction of sp³-hybridized carbons (Fsp3) is 0.300. The second-order valence-electron chi connectivity index (χ2n) is 9.59.